The van der Waals surface area contributed by atoms with E-state index in [0.717, 1.165) is 5.75 Å². The molecular formula is C11H23NS. The third kappa shape index (κ3) is 3.51. The lowest BCUT2D eigenvalue weighted by Gasteiger charge is -2.25. The van der Waals surface area contributed by atoms with Gasteiger partial charge in [0.15, 0.2) is 0 Å². The Balaban J connectivity index is 2.22. The minimum Gasteiger partial charge on any atom is -0.303 e. The summed E-state index contributed by atoms with van der Waals surface area (Å²) in [6.07, 6.45) is 5.46. The molecule has 0 bridgehead atoms. The van der Waals surface area contributed by atoms with Gasteiger partial charge in [-0.1, -0.05) is 20.3 Å². The molecule has 0 radical (unpaired) electrons. The maximum atomic E-state index is 4.44. The first-order chi connectivity index (χ1) is 6.26. The lowest BCUT2D eigenvalue weighted by Crippen LogP contribution is -2.32. The molecule has 1 fully saturated rings. The van der Waals surface area contributed by atoms with E-state index in [1.807, 2.05) is 0 Å². The van der Waals surface area contributed by atoms with E-state index in [1.54, 1.807) is 0 Å². The van der Waals surface area contributed by atoms with Crippen molar-refractivity contribution in [1.82, 2.24) is 4.90 Å². The monoisotopic (exact) mass is 201 g/mol. The molecule has 0 N–H and O–H groups in total. The van der Waals surface area contributed by atoms with Crippen LogP contribution in [-0.4, -0.2) is 30.3 Å². The SMILES string of the molecule is CCCCN(CC)CC1(CS)CC1. The van der Waals surface area contributed by atoms with Gasteiger partial charge in [0.2, 0.25) is 0 Å². The molecule has 0 aliphatic heterocycles. The Kier molecular flexibility index (Phi) is 4.60. The van der Waals surface area contributed by atoms with Crippen LogP contribution in [0.3, 0.4) is 0 Å². The van der Waals surface area contributed by atoms with E-state index < -0.39 is 0 Å². The van der Waals surface area contributed by atoms with Crippen LogP contribution in [0.1, 0.15) is 39.5 Å². The van der Waals surface area contributed by atoms with E-state index in [2.05, 4.69) is 31.4 Å². The largest absolute Gasteiger partial charge is 0.303 e. The first-order valence-corrected chi connectivity index (χ1v) is 6.23. The molecule has 78 valence electrons. The van der Waals surface area contributed by atoms with Gasteiger partial charge in [-0.15, -0.1) is 0 Å². The van der Waals surface area contributed by atoms with Crippen LogP contribution < -0.4 is 0 Å². The van der Waals surface area contributed by atoms with Gasteiger partial charge in [0, 0.05) is 6.54 Å². The molecule has 0 atom stereocenters. The highest BCUT2D eigenvalue weighted by Gasteiger charge is 2.41. The summed E-state index contributed by atoms with van der Waals surface area (Å²) in [4.78, 5) is 2.59. The van der Waals surface area contributed by atoms with Crippen molar-refractivity contribution >= 4 is 12.6 Å². The first kappa shape index (κ1) is 11.4. The minimum absolute atomic E-state index is 0.604. The number of rotatable bonds is 7. The fraction of sp³-hybridized carbons (Fsp3) is 1.00. The summed E-state index contributed by atoms with van der Waals surface area (Å²) in [6, 6.07) is 0. The Morgan fingerprint density at radius 3 is 2.38 bits per heavy atom. The minimum atomic E-state index is 0.604. The molecule has 0 heterocycles. The molecule has 2 heteroatoms. The van der Waals surface area contributed by atoms with Gasteiger partial charge in [0.1, 0.15) is 0 Å². The lowest BCUT2D eigenvalue weighted by atomic mass is 10.1. The fourth-order valence-corrected chi connectivity index (χ4v) is 2.16. The standard InChI is InChI=1S/C11H23NS/c1-3-5-8-12(4-2)9-11(10-13)6-7-11/h13H,3-10H2,1-2H3. The van der Waals surface area contributed by atoms with Gasteiger partial charge < -0.3 is 4.90 Å². The average Bonchev–Trinajstić information content (AvgIpc) is 2.93. The molecule has 0 spiro atoms. The normalized spacial score (nSPS) is 19.4. The summed E-state index contributed by atoms with van der Waals surface area (Å²) in [6.45, 7) is 8.30. The molecule has 0 saturated heterocycles. The van der Waals surface area contributed by atoms with Crippen molar-refractivity contribution in [2.75, 3.05) is 25.4 Å². The highest BCUT2D eigenvalue weighted by atomic mass is 32.1. The van der Waals surface area contributed by atoms with Crippen molar-refractivity contribution in [2.24, 2.45) is 5.41 Å². The van der Waals surface area contributed by atoms with E-state index in [-0.39, 0.29) is 0 Å². The van der Waals surface area contributed by atoms with Crippen molar-refractivity contribution < 1.29 is 0 Å². The maximum Gasteiger partial charge on any atom is 0.00457 e. The predicted molar refractivity (Wildman–Crippen MR) is 62.5 cm³/mol. The van der Waals surface area contributed by atoms with Crippen LogP contribution >= 0.6 is 12.6 Å². The van der Waals surface area contributed by atoms with Crippen LogP contribution in [0.5, 0.6) is 0 Å². The molecule has 0 aromatic heterocycles. The second-order valence-electron chi connectivity index (χ2n) is 4.38. The first-order valence-electron chi connectivity index (χ1n) is 5.59. The smallest absolute Gasteiger partial charge is 0.00457 e. The van der Waals surface area contributed by atoms with Crippen LogP contribution in [-0.2, 0) is 0 Å². The second-order valence-corrected chi connectivity index (χ2v) is 4.70. The third-order valence-electron chi connectivity index (χ3n) is 3.13. The summed E-state index contributed by atoms with van der Waals surface area (Å²) in [5.74, 6) is 1.08. The average molecular weight is 201 g/mol. The molecule has 13 heavy (non-hydrogen) atoms. The van der Waals surface area contributed by atoms with Gasteiger partial charge in [0.05, 0.1) is 0 Å². The van der Waals surface area contributed by atoms with E-state index in [4.69, 9.17) is 0 Å². The highest BCUT2D eigenvalue weighted by Crippen LogP contribution is 2.47. The molecular weight excluding hydrogens is 178 g/mol. The molecule has 1 aliphatic rings. The van der Waals surface area contributed by atoms with Crippen molar-refractivity contribution in [1.29, 1.82) is 0 Å². The van der Waals surface area contributed by atoms with Crippen molar-refractivity contribution in [2.45, 2.75) is 39.5 Å². The number of nitrogens with zero attached hydrogens (tertiary/aromatic N) is 1. The Hall–Kier alpha value is 0.310. The Labute approximate surface area is 88.3 Å². The van der Waals surface area contributed by atoms with Crippen LogP contribution in [0, 0.1) is 5.41 Å². The van der Waals surface area contributed by atoms with Crippen LogP contribution in [0.4, 0.5) is 0 Å². The predicted octanol–water partition coefficient (Wildman–Crippen LogP) is 2.82. The fourth-order valence-electron chi connectivity index (χ4n) is 1.75. The molecule has 1 saturated carbocycles. The summed E-state index contributed by atoms with van der Waals surface area (Å²) in [5, 5.41) is 0. The molecule has 1 rings (SSSR count). The highest BCUT2D eigenvalue weighted by molar-refractivity contribution is 7.80. The van der Waals surface area contributed by atoms with Crippen LogP contribution in [0.25, 0.3) is 0 Å². The molecule has 0 amide bonds. The number of thiol groups is 1. The summed E-state index contributed by atoms with van der Waals surface area (Å²) in [5.41, 5.74) is 0.604. The summed E-state index contributed by atoms with van der Waals surface area (Å²) in [7, 11) is 0. The van der Waals surface area contributed by atoms with Gasteiger partial charge >= 0.3 is 0 Å². The number of hydrogen-bond donors (Lipinski definition) is 1. The van der Waals surface area contributed by atoms with Crippen LogP contribution in [0.15, 0.2) is 0 Å². The van der Waals surface area contributed by atoms with Gasteiger partial charge in [-0.2, -0.15) is 12.6 Å². The van der Waals surface area contributed by atoms with Crippen molar-refractivity contribution in [3.63, 3.8) is 0 Å². The van der Waals surface area contributed by atoms with Crippen molar-refractivity contribution in [3.05, 3.63) is 0 Å². The van der Waals surface area contributed by atoms with Gasteiger partial charge in [-0.05, 0) is 43.5 Å². The van der Waals surface area contributed by atoms with Crippen LogP contribution in [0.2, 0.25) is 0 Å². The zero-order valence-corrected chi connectivity index (χ0v) is 9.95. The van der Waals surface area contributed by atoms with Gasteiger partial charge in [-0.3, -0.25) is 0 Å². The molecule has 1 nitrogen and oxygen atoms in total. The van der Waals surface area contributed by atoms with E-state index in [9.17, 15) is 0 Å². The van der Waals surface area contributed by atoms with Gasteiger partial charge in [-0.25, -0.2) is 0 Å². The lowest BCUT2D eigenvalue weighted by molar-refractivity contribution is 0.238. The Morgan fingerprint density at radius 2 is 2.00 bits per heavy atom. The van der Waals surface area contributed by atoms with E-state index in [0.29, 0.717) is 5.41 Å². The molecule has 0 aromatic carbocycles. The maximum absolute atomic E-state index is 4.44. The third-order valence-corrected chi connectivity index (χ3v) is 3.80. The number of hydrogen-bond acceptors (Lipinski definition) is 2. The van der Waals surface area contributed by atoms with Crippen molar-refractivity contribution in [3.8, 4) is 0 Å². The Morgan fingerprint density at radius 1 is 1.31 bits per heavy atom. The zero-order chi connectivity index (χ0) is 9.73. The van der Waals surface area contributed by atoms with Gasteiger partial charge in [0.25, 0.3) is 0 Å². The summed E-state index contributed by atoms with van der Waals surface area (Å²) >= 11 is 4.44. The second kappa shape index (κ2) is 5.26. The summed E-state index contributed by atoms with van der Waals surface area (Å²) < 4.78 is 0. The molecule has 0 aromatic rings. The zero-order valence-electron chi connectivity index (χ0n) is 9.05. The van der Waals surface area contributed by atoms with E-state index >= 15 is 0 Å². The molecule has 1 aliphatic carbocycles. The Bertz CT molecular complexity index is 143. The topological polar surface area (TPSA) is 3.24 Å². The van der Waals surface area contributed by atoms with E-state index in [1.165, 1.54) is 45.3 Å². The quantitative estimate of drug-likeness (QED) is 0.620. The molecule has 0 unspecified atom stereocenters. The number of unbranched alkanes of at least 4 members (excludes halogenated alkanes) is 1.